The van der Waals surface area contributed by atoms with Gasteiger partial charge in [0, 0.05) is 13.6 Å². The fraction of sp³-hybridized carbons (Fsp3) is 0.190. The maximum atomic E-state index is 12.6. The predicted octanol–water partition coefficient (Wildman–Crippen LogP) is 4.35. The second-order valence-electron chi connectivity index (χ2n) is 6.37. The molecule has 0 unspecified atom stereocenters. The van der Waals surface area contributed by atoms with E-state index in [0.717, 1.165) is 17.7 Å². The van der Waals surface area contributed by atoms with Crippen molar-refractivity contribution >= 4 is 5.91 Å². The fourth-order valence-corrected chi connectivity index (χ4v) is 2.57. The zero-order valence-corrected chi connectivity index (χ0v) is 15.6. The molecular formula is C21H18F3N3O2. The van der Waals surface area contributed by atoms with Gasteiger partial charge >= 0.3 is 6.18 Å². The number of benzene rings is 2. The summed E-state index contributed by atoms with van der Waals surface area (Å²) in [4.78, 5) is 22.0. The third-order valence-corrected chi connectivity index (χ3v) is 4.12. The Morgan fingerprint density at radius 2 is 1.66 bits per heavy atom. The van der Waals surface area contributed by atoms with Crippen LogP contribution in [0.4, 0.5) is 13.2 Å². The van der Waals surface area contributed by atoms with Gasteiger partial charge in [-0.3, -0.25) is 4.79 Å². The number of rotatable bonds is 6. The molecule has 0 N–H and O–H groups in total. The summed E-state index contributed by atoms with van der Waals surface area (Å²) in [5.74, 6) is -0.109. The highest BCUT2D eigenvalue weighted by atomic mass is 19.4. The monoisotopic (exact) mass is 401 g/mol. The van der Waals surface area contributed by atoms with Gasteiger partial charge in [0.1, 0.15) is 12.3 Å². The molecule has 0 aliphatic heterocycles. The Morgan fingerprint density at radius 3 is 2.24 bits per heavy atom. The normalized spacial score (nSPS) is 11.2. The third kappa shape index (κ3) is 5.54. The summed E-state index contributed by atoms with van der Waals surface area (Å²) >= 11 is 0. The van der Waals surface area contributed by atoms with Gasteiger partial charge in [0.15, 0.2) is 0 Å². The van der Waals surface area contributed by atoms with Gasteiger partial charge in [-0.15, -0.1) is 0 Å². The Kier molecular flexibility index (Phi) is 6.11. The van der Waals surface area contributed by atoms with Crippen molar-refractivity contribution in [2.24, 2.45) is 0 Å². The maximum absolute atomic E-state index is 12.6. The molecule has 0 saturated carbocycles. The molecule has 29 heavy (non-hydrogen) atoms. The molecule has 0 spiro atoms. The van der Waals surface area contributed by atoms with E-state index in [1.54, 1.807) is 7.05 Å². The first-order valence-corrected chi connectivity index (χ1v) is 8.73. The van der Waals surface area contributed by atoms with E-state index in [1.165, 1.54) is 29.4 Å². The van der Waals surface area contributed by atoms with Crippen molar-refractivity contribution in [1.29, 1.82) is 0 Å². The van der Waals surface area contributed by atoms with E-state index in [9.17, 15) is 18.0 Å². The Balaban J connectivity index is 1.58. The molecule has 0 aliphatic rings. The Bertz CT molecular complexity index is 944. The van der Waals surface area contributed by atoms with Crippen molar-refractivity contribution in [3.63, 3.8) is 0 Å². The van der Waals surface area contributed by atoms with E-state index in [4.69, 9.17) is 4.74 Å². The molecule has 0 saturated heterocycles. The van der Waals surface area contributed by atoms with Crippen molar-refractivity contribution in [2.45, 2.75) is 19.3 Å². The maximum Gasteiger partial charge on any atom is 0.416 e. The SMILES string of the molecule is CN(Cc1ccc(C(F)(F)F)cc1)C(=O)c1cnc(OCc2ccccc2)cn1. The summed E-state index contributed by atoms with van der Waals surface area (Å²) < 4.78 is 43.4. The van der Waals surface area contributed by atoms with E-state index in [-0.39, 0.29) is 18.1 Å². The molecule has 0 bridgehead atoms. The molecule has 1 aromatic heterocycles. The number of carbonyl (C=O) groups excluding carboxylic acids is 1. The minimum atomic E-state index is -4.39. The minimum absolute atomic E-state index is 0.117. The molecule has 0 atom stereocenters. The predicted molar refractivity (Wildman–Crippen MR) is 100 cm³/mol. The summed E-state index contributed by atoms with van der Waals surface area (Å²) in [7, 11) is 1.54. The zero-order chi connectivity index (χ0) is 20.9. The van der Waals surface area contributed by atoms with E-state index in [2.05, 4.69) is 9.97 Å². The molecule has 2 aromatic carbocycles. The highest BCUT2D eigenvalue weighted by molar-refractivity contribution is 5.91. The van der Waals surface area contributed by atoms with E-state index < -0.39 is 17.6 Å². The van der Waals surface area contributed by atoms with Crippen molar-refractivity contribution in [2.75, 3.05) is 7.05 Å². The van der Waals surface area contributed by atoms with Crippen LogP contribution in [0, 0.1) is 0 Å². The lowest BCUT2D eigenvalue weighted by Crippen LogP contribution is -2.27. The number of hydrogen-bond acceptors (Lipinski definition) is 4. The molecule has 1 amide bonds. The molecule has 1 heterocycles. The van der Waals surface area contributed by atoms with Crippen molar-refractivity contribution in [1.82, 2.24) is 14.9 Å². The lowest BCUT2D eigenvalue weighted by atomic mass is 10.1. The van der Waals surface area contributed by atoms with Crippen molar-refractivity contribution in [3.8, 4) is 5.88 Å². The number of alkyl halides is 3. The molecule has 0 fully saturated rings. The van der Waals surface area contributed by atoms with Crippen molar-refractivity contribution < 1.29 is 22.7 Å². The van der Waals surface area contributed by atoms with Crippen LogP contribution < -0.4 is 4.74 Å². The first kappa shape index (κ1) is 20.3. The van der Waals surface area contributed by atoms with Crippen LogP contribution in [0.2, 0.25) is 0 Å². The molecule has 8 heteroatoms. The van der Waals surface area contributed by atoms with E-state index >= 15 is 0 Å². The topological polar surface area (TPSA) is 55.3 Å². The second kappa shape index (κ2) is 8.72. The van der Waals surface area contributed by atoms with E-state index in [0.29, 0.717) is 12.2 Å². The van der Waals surface area contributed by atoms with Gasteiger partial charge in [0.25, 0.3) is 5.91 Å². The first-order valence-electron chi connectivity index (χ1n) is 8.73. The van der Waals surface area contributed by atoms with Crippen LogP contribution in [-0.2, 0) is 19.3 Å². The molecule has 0 aliphatic carbocycles. The number of ether oxygens (including phenoxy) is 1. The summed E-state index contributed by atoms with van der Waals surface area (Å²) in [5, 5.41) is 0. The average molecular weight is 401 g/mol. The van der Waals surface area contributed by atoms with E-state index in [1.807, 2.05) is 30.3 Å². The van der Waals surface area contributed by atoms with Crippen LogP contribution in [0.15, 0.2) is 67.0 Å². The van der Waals surface area contributed by atoms with Gasteiger partial charge in [-0.2, -0.15) is 13.2 Å². The zero-order valence-electron chi connectivity index (χ0n) is 15.6. The standard InChI is InChI=1S/C21H18F3N3O2/c1-27(13-15-7-9-17(10-8-15)21(22,23)24)20(28)18-11-26-19(12-25-18)29-14-16-5-3-2-4-6-16/h2-12H,13-14H2,1H3. The van der Waals surface area contributed by atoms with Crippen molar-refractivity contribution in [3.05, 3.63) is 89.4 Å². The van der Waals surface area contributed by atoms with Crippen LogP contribution in [0.25, 0.3) is 0 Å². The lowest BCUT2D eigenvalue weighted by Gasteiger charge is -2.17. The number of aromatic nitrogens is 2. The van der Waals surface area contributed by atoms with Crippen LogP contribution in [0.3, 0.4) is 0 Å². The molecule has 150 valence electrons. The fourth-order valence-electron chi connectivity index (χ4n) is 2.57. The van der Waals surface area contributed by atoms with Gasteiger partial charge in [-0.25, -0.2) is 9.97 Å². The Hall–Kier alpha value is -3.42. The quantitative estimate of drug-likeness (QED) is 0.616. The van der Waals surface area contributed by atoms with Gasteiger partial charge in [-0.05, 0) is 23.3 Å². The second-order valence-corrected chi connectivity index (χ2v) is 6.37. The summed E-state index contributed by atoms with van der Waals surface area (Å²) in [6.45, 7) is 0.474. The number of nitrogens with zero attached hydrogens (tertiary/aromatic N) is 3. The molecule has 0 radical (unpaired) electrons. The third-order valence-electron chi connectivity index (χ3n) is 4.12. The molecule has 5 nitrogen and oxygen atoms in total. The Morgan fingerprint density at radius 1 is 0.966 bits per heavy atom. The molecular weight excluding hydrogens is 383 g/mol. The van der Waals surface area contributed by atoms with Crippen LogP contribution in [0.1, 0.15) is 27.2 Å². The first-order chi connectivity index (χ1) is 13.8. The summed E-state index contributed by atoms with van der Waals surface area (Å²) in [5.41, 5.74) is 0.939. The van der Waals surface area contributed by atoms with Crippen LogP contribution in [-0.4, -0.2) is 27.8 Å². The smallest absolute Gasteiger partial charge is 0.416 e. The summed E-state index contributed by atoms with van der Waals surface area (Å²) in [6.07, 6.45) is -1.71. The minimum Gasteiger partial charge on any atom is -0.472 e. The largest absolute Gasteiger partial charge is 0.472 e. The number of amides is 1. The highest BCUT2D eigenvalue weighted by Crippen LogP contribution is 2.29. The lowest BCUT2D eigenvalue weighted by molar-refractivity contribution is -0.137. The Labute approximate surface area is 165 Å². The number of hydrogen-bond donors (Lipinski definition) is 0. The van der Waals surface area contributed by atoms with Gasteiger partial charge in [0.05, 0.1) is 18.0 Å². The van der Waals surface area contributed by atoms with Gasteiger partial charge in [-0.1, -0.05) is 42.5 Å². The number of halogens is 3. The van der Waals surface area contributed by atoms with Gasteiger partial charge < -0.3 is 9.64 Å². The summed E-state index contributed by atoms with van der Waals surface area (Å²) in [6, 6.07) is 14.2. The van der Waals surface area contributed by atoms with Crippen LogP contribution in [0.5, 0.6) is 5.88 Å². The van der Waals surface area contributed by atoms with Gasteiger partial charge in [0.2, 0.25) is 5.88 Å². The molecule has 3 aromatic rings. The highest BCUT2D eigenvalue weighted by Gasteiger charge is 2.30. The number of carbonyl (C=O) groups is 1. The molecule has 3 rings (SSSR count). The average Bonchev–Trinajstić information content (AvgIpc) is 2.72. The van der Waals surface area contributed by atoms with Crippen LogP contribution >= 0.6 is 0 Å².